The summed E-state index contributed by atoms with van der Waals surface area (Å²) >= 11 is 0. The molecule has 2 rings (SSSR count). The molecule has 1 heterocycles. The summed E-state index contributed by atoms with van der Waals surface area (Å²) in [6, 6.07) is -1.22. The molecule has 2 N–H and O–H groups in total. The van der Waals surface area contributed by atoms with Crippen LogP contribution >= 0.6 is 0 Å². The lowest BCUT2D eigenvalue weighted by Gasteiger charge is -2.35. The molecule has 1 saturated carbocycles. The Hall–Kier alpha value is -1.43. The maximum Gasteiger partial charge on any atom is 0.243 e. The topological polar surface area (TPSA) is 78.5 Å². The van der Waals surface area contributed by atoms with Gasteiger partial charge in [0.1, 0.15) is 6.04 Å². The van der Waals surface area contributed by atoms with Gasteiger partial charge in [-0.15, -0.1) is 0 Å². The molecule has 2 amide bonds. The SMILES string of the molecule is CCCC(CCC)C(NC)C(=O)N1CCC(C(C)C)C1C(=O)NC(CCC1CCC1)C(C)=O. The van der Waals surface area contributed by atoms with Crippen molar-refractivity contribution in [3.63, 3.8) is 0 Å². The number of amides is 2. The zero-order valence-corrected chi connectivity index (χ0v) is 22.0. The number of carbonyl (C=O) groups excluding carboxylic acids is 3. The van der Waals surface area contributed by atoms with Crippen LogP contribution in [0.5, 0.6) is 0 Å². The highest BCUT2D eigenvalue weighted by Gasteiger charge is 2.45. The molecule has 2 fully saturated rings. The Labute approximate surface area is 202 Å². The van der Waals surface area contributed by atoms with Gasteiger partial charge in [0, 0.05) is 6.54 Å². The zero-order chi connectivity index (χ0) is 24.5. The summed E-state index contributed by atoms with van der Waals surface area (Å²) in [5, 5.41) is 6.34. The monoisotopic (exact) mass is 463 g/mol. The number of rotatable bonds is 14. The lowest BCUT2D eigenvalue weighted by Crippen LogP contribution is -2.57. The zero-order valence-electron chi connectivity index (χ0n) is 22.0. The highest BCUT2D eigenvalue weighted by Crippen LogP contribution is 2.34. The molecule has 1 saturated heterocycles. The lowest BCUT2D eigenvalue weighted by molar-refractivity contribution is -0.143. The Bertz CT molecular complexity index is 641. The van der Waals surface area contributed by atoms with Crippen molar-refractivity contribution in [2.45, 2.75) is 117 Å². The van der Waals surface area contributed by atoms with Crippen LogP contribution < -0.4 is 10.6 Å². The van der Waals surface area contributed by atoms with Crippen molar-refractivity contribution in [2.24, 2.45) is 23.7 Å². The number of carbonyl (C=O) groups is 3. The van der Waals surface area contributed by atoms with Crippen molar-refractivity contribution in [1.82, 2.24) is 15.5 Å². The van der Waals surface area contributed by atoms with Crippen molar-refractivity contribution in [1.29, 1.82) is 0 Å². The first-order chi connectivity index (χ1) is 15.7. The molecular formula is C27H49N3O3. The largest absolute Gasteiger partial charge is 0.345 e. The summed E-state index contributed by atoms with van der Waals surface area (Å²) in [5.74, 6) is 1.28. The van der Waals surface area contributed by atoms with E-state index in [9.17, 15) is 14.4 Å². The van der Waals surface area contributed by atoms with E-state index in [1.54, 1.807) is 6.92 Å². The Balaban J connectivity index is 2.18. The molecule has 6 nitrogen and oxygen atoms in total. The number of hydrogen-bond acceptors (Lipinski definition) is 4. The van der Waals surface area contributed by atoms with Gasteiger partial charge in [-0.2, -0.15) is 0 Å². The molecule has 1 aliphatic heterocycles. The van der Waals surface area contributed by atoms with E-state index in [1.807, 2.05) is 11.9 Å². The fraction of sp³-hybridized carbons (Fsp3) is 0.889. The first kappa shape index (κ1) is 27.8. The third kappa shape index (κ3) is 7.27. The Morgan fingerprint density at radius 1 is 1.00 bits per heavy atom. The summed E-state index contributed by atoms with van der Waals surface area (Å²) < 4.78 is 0. The van der Waals surface area contributed by atoms with Gasteiger partial charge in [-0.25, -0.2) is 0 Å². The van der Waals surface area contributed by atoms with Gasteiger partial charge in [0.25, 0.3) is 0 Å². The standard InChI is InChI=1S/C27H49N3O3/c1-7-10-21(11-8-2)24(28-6)27(33)30-17-16-22(18(3)4)25(30)26(32)29-23(19(5)31)15-14-20-12-9-13-20/h18,20-25,28H,7-17H2,1-6H3,(H,29,32). The average Bonchev–Trinajstić information content (AvgIpc) is 3.18. The van der Waals surface area contributed by atoms with Crippen molar-refractivity contribution in [2.75, 3.05) is 13.6 Å². The second-order valence-electron chi connectivity index (χ2n) is 10.8. The molecule has 4 atom stereocenters. The normalized spacial score (nSPS) is 23.0. The van der Waals surface area contributed by atoms with E-state index in [0.717, 1.165) is 38.5 Å². The highest BCUT2D eigenvalue weighted by atomic mass is 16.2. The van der Waals surface area contributed by atoms with E-state index < -0.39 is 12.1 Å². The van der Waals surface area contributed by atoms with Gasteiger partial charge in [0.05, 0.1) is 12.1 Å². The van der Waals surface area contributed by atoms with Crippen LogP contribution in [0, 0.1) is 23.7 Å². The Morgan fingerprint density at radius 3 is 2.09 bits per heavy atom. The van der Waals surface area contributed by atoms with Gasteiger partial charge in [0.15, 0.2) is 5.78 Å². The van der Waals surface area contributed by atoms with Gasteiger partial charge in [-0.3, -0.25) is 14.4 Å². The fourth-order valence-corrected chi connectivity index (χ4v) is 5.87. The molecule has 190 valence electrons. The summed E-state index contributed by atoms with van der Waals surface area (Å²) in [4.78, 5) is 41.5. The minimum Gasteiger partial charge on any atom is -0.345 e. The summed E-state index contributed by atoms with van der Waals surface area (Å²) in [6.45, 7) is 10.8. The van der Waals surface area contributed by atoms with Crippen LogP contribution in [0.4, 0.5) is 0 Å². The van der Waals surface area contributed by atoms with E-state index in [0.29, 0.717) is 24.8 Å². The summed E-state index contributed by atoms with van der Waals surface area (Å²) in [7, 11) is 1.86. The number of Topliss-reactive ketones (excluding diaryl/α,β-unsaturated/α-hetero) is 1. The van der Waals surface area contributed by atoms with Gasteiger partial charge in [0.2, 0.25) is 11.8 Å². The third-order valence-electron chi connectivity index (χ3n) is 8.12. The van der Waals surface area contributed by atoms with Crippen molar-refractivity contribution >= 4 is 17.6 Å². The van der Waals surface area contributed by atoms with Gasteiger partial charge >= 0.3 is 0 Å². The molecule has 2 aliphatic rings. The Kier molecular flexibility index (Phi) is 11.3. The molecule has 6 heteroatoms. The third-order valence-corrected chi connectivity index (χ3v) is 8.12. The van der Waals surface area contributed by atoms with Crippen LogP contribution in [0.2, 0.25) is 0 Å². The number of likely N-dealkylation sites (N-methyl/N-ethyl adjacent to an activating group) is 1. The molecule has 1 aliphatic carbocycles. The lowest BCUT2D eigenvalue weighted by atomic mass is 9.81. The van der Waals surface area contributed by atoms with Crippen LogP contribution in [0.15, 0.2) is 0 Å². The minimum atomic E-state index is -0.497. The predicted octanol–water partition coefficient (Wildman–Crippen LogP) is 4.32. The second-order valence-corrected chi connectivity index (χ2v) is 10.8. The molecule has 0 aromatic carbocycles. The van der Waals surface area contributed by atoms with Crippen LogP contribution in [0.25, 0.3) is 0 Å². The predicted molar refractivity (Wildman–Crippen MR) is 134 cm³/mol. The first-order valence-corrected chi connectivity index (χ1v) is 13.5. The maximum atomic E-state index is 13.7. The molecule has 0 aromatic rings. The number of hydrogen-bond donors (Lipinski definition) is 2. The molecule has 0 radical (unpaired) electrons. The second kappa shape index (κ2) is 13.5. The van der Waals surface area contributed by atoms with Gasteiger partial charge < -0.3 is 15.5 Å². The molecule has 0 spiro atoms. The van der Waals surface area contributed by atoms with Crippen LogP contribution in [0.3, 0.4) is 0 Å². The van der Waals surface area contributed by atoms with Crippen LogP contribution in [-0.4, -0.2) is 54.2 Å². The van der Waals surface area contributed by atoms with E-state index in [2.05, 4.69) is 38.3 Å². The van der Waals surface area contributed by atoms with Crippen molar-refractivity contribution < 1.29 is 14.4 Å². The quantitative estimate of drug-likeness (QED) is 0.402. The molecular weight excluding hydrogens is 414 g/mol. The van der Waals surface area contributed by atoms with Crippen molar-refractivity contribution in [3.8, 4) is 0 Å². The smallest absolute Gasteiger partial charge is 0.243 e. The molecule has 0 bridgehead atoms. The Morgan fingerprint density at radius 2 is 1.64 bits per heavy atom. The first-order valence-electron chi connectivity index (χ1n) is 13.5. The van der Waals surface area contributed by atoms with E-state index >= 15 is 0 Å². The fourth-order valence-electron chi connectivity index (χ4n) is 5.87. The van der Waals surface area contributed by atoms with Gasteiger partial charge in [-0.1, -0.05) is 59.8 Å². The van der Waals surface area contributed by atoms with E-state index in [1.165, 1.54) is 19.3 Å². The van der Waals surface area contributed by atoms with E-state index in [-0.39, 0.29) is 35.5 Å². The molecule has 0 aromatic heterocycles. The summed E-state index contributed by atoms with van der Waals surface area (Å²) in [5.41, 5.74) is 0. The number of nitrogens with zero attached hydrogens (tertiary/aromatic N) is 1. The highest BCUT2D eigenvalue weighted by molar-refractivity contribution is 5.93. The molecule has 33 heavy (non-hydrogen) atoms. The minimum absolute atomic E-state index is 0.0127. The average molecular weight is 464 g/mol. The van der Waals surface area contributed by atoms with E-state index in [4.69, 9.17) is 0 Å². The van der Waals surface area contributed by atoms with Crippen LogP contribution in [0.1, 0.15) is 98.8 Å². The molecule has 4 unspecified atom stereocenters. The van der Waals surface area contributed by atoms with Crippen molar-refractivity contribution in [3.05, 3.63) is 0 Å². The number of likely N-dealkylation sites (tertiary alicyclic amines) is 1. The van der Waals surface area contributed by atoms with Gasteiger partial charge in [-0.05, 0) is 69.7 Å². The maximum absolute atomic E-state index is 13.7. The number of nitrogens with one attached hydrogen (secondary N) is 2. The summed E-state index contributed by atoms with van der Waals surface area (Å²) in [6.07, 6.45) is 10.3. The number of ketones is 1. The van der Waals surface area contributed by atoms with Crippen LogP contribution in [-0.2, 0) is 14.4 Å².